The Labute approximate surface area is 170 Å². The summed E-state index contributed by atoms with van der Waals surface area (Å²) < 4.78 is 1.96. The van der Waals surface area contributed by atoms with Crippen LogP contribution in [-0.2, 0) is 12.2 Å². The number of thioether (sulfide) groups is 1. The van der Waals surface area contributed by atoms with E-state index in [9.17, 15) is 9.59 Å². The topological polar surface area (TPSA) is 96.4 Å². The van der Waals surface area contributed by atoms with Gasteiger partial charge in [0.1, 0.15) is 5.82 Å². The molecule has 0 radical (unpaired) electrons. The van der Waals surface area contributed by atoms with Gasteiger partial charge in [-0.25, -0.2) is 4.79 Å². The molecular weight excluding hydrogens is 386 g/mol. The first-order valence-corrected chi connectivity index (χ1v) is 10.1. The summed E-state index contributed by atoms with van der Waals surface area (Å²) in [6.07, 6.45) is 0.284. The summed E-state index contributed by atoms with van der Waals surface area (Å²) in [6, 6.07) is 19.5. The zero-order valence-electron chi connectivity index (χ0n) is 15.8. The van der Waals surface area contributed by atoms with Crippen molar-refractivity contribution in [3.8, 4) is 5.69 Å². The quantitative estimate of drug-likeness (QED) is 0.481. The lowest BCUT2D eigenvalue weighted by Gasteiger charge is -2.10. The first-order valence-electron chi connectivity index (χ1n) is 9.09. The standard InChI is InChI=1S/C21H19N5O2S/c1-14-6-5-7-15(10-14)13-29-21-25-24-18(26(21)17-8-3-2-4-9-17)11-16-12-19(27)23-20(28)22-16/h2-10,12H,11,13H2,1H3,(H2,22,23,27,28). The van der Waals surface area contributed by atoms with Gasteiger partial charge >= 0.3 is 5.69 Å². The van der Waals surface area contributed by atoms with E-state index in [1.165, 1.54) is 17.2 Å². The van der Waals surface area contributed by atoms with E-state index in [0.717, 1.165) is 16.6 Å². The van der Waals surface area contributed by atoms with Crippen LogP contribution in [0.1, 0.15) is 22.6 Å². The third-order valence-electron chi connectivity index (χ3n) is 4.33. The lowest BCUT2D eigenvalue weighted by molar-refractivity contribution is 0.829. The number of aromatic nitrogens is 5. The highest BCUT2D eigenvalue weighted by molar-refractivity contribution is 7.98. The third-order valence-corrected chi connectivity index (χ3v) is 5.33. The van der Waals surface area contributed by atoms with Gasteiger partial charge in [-0.2, -0.15) is 0 Å². The van der Waals surface area contributed by atoms with E-state index in [1.54, 1.807) is 11.8 Å². The molecule has 2 aromatic heterocycles. The van der Waals surface area contributed by atoms with E-state index in [1.807, 2.05) is 41.0 Å². The lowest BCUT2D eigenvalue weighted by atomic mass is 10.2. The molecular formula is C21H19N5O2S. The maximum atomic E-state index is 11.6. The molecule has 7 nitrogen and oxygen atoms in total. The van der Waals surface area contributed by atoms with Crippen molar-refractivity contribution in [3.05, 3.63) is 104 Å². The molecule has 0 unspecified atom stereocenters. The molecule has 29 heavy (non-hydrogen) atoms. The molecule has 0 aliphatic carbocycles. The minimum atomic E-state index is -0.535. The third kappa shape index (κ3) is 4.55. The van der Waals surface area contributed by atoms with Crippen molar-refractivity contribution in [2.75, 3.05) is 0 Å². The molecule has 0 amide bonds. The molecule has 8 heteroatoms. The van der Waals surface area contributed by atoms with Gasteiger partial charge < -0.3 is 4.98 Å². The van der Waals surface area contributed by atoms with Crippen molar-refractivity contribution in [1.29, 1.82) is 0 Å². The second-order valence-electron chi connectivity index (χ2n) is 6.64. The molecule has 0 saturated heterocycles. The molecule has 0 aliphatic heterocycles. The normalized spacial score (nSPS) is 10.9. The molecule has 0 fully saturated rings. The molecule has 0 aliphatic rings. The highest BCUT2D eigenvalue weighted by Gasteiger charge is 2.15. The molecule has 4 rings (SSSR count). The largest absolute Gasteiger partial charge is 0.325 e. The second kappa shape index (κ2) is 8.32. The lowest BCUT2D eigenvalue weighted by Crippen LogP contribution is -2.23. The van der Waals surface area contributed by atoms with Crippen molar-refractivity contribution < 1.29 is 0 Å². The molecule has 0 atom stereocenters. The van der Waals surface area contributed by atoms with Gasteiger partial charge in [-0.15, -0.1) is 10.2 Å². The number of aryl methyl sites for hydroxylation is 1. The summed E-state index contributed by atoms with van der Waals surface area (Å²) in [5.74, 6) is 1.40. The van der Waals surface area contributed by atoms with Crippen LogP contribution in [0.15, 0.2) is 75.4 Å². The molecule has 4 aromatic rings. The average molecular weight is 405 g/mol. The van der Waals surface area contributed by atoms with Crippen LogP contribution in [-0.4, -0.2) is 24.7 Å². The maximum Gasteiger partial charge on any atom is 0.325 e. The second-order valence-corrected chi connectivity index (χ2v) is 7.58. The van der Waals surface area contributed by atoms with E-state index in [0.29, 0.717) is 11.5 Å². The summed E-state index contributed by atoms with van der Waals surface area (Å²) in [6.45, 7) is 2.07. The number of nitrogens with zero attached hydrogens (tertiary/aromatic N) is 3. The van der Waals surface area contributed by atoms with Crippen LogP contribution >= 0.6 is 11.8 Å². The summed E-state index contributed by atoms with van der Waals surface area (Å²) in [7, 11) is 0. The van der Waals surface area contributed by atoms with Crippen molar-refractivity contribution in [2.45, 2.75) is 24.3 Å². The van der Waals surface area contributed by atoms with E-state index < -0.39 is 11.2 Å². The zero-order chi connectivity index (χ0) is 20.2. The molecule has 2 aromatic carbocycles. The maximum absolute atomic E-state index is 11.6. The minimum Gasteiger partial charge on any atom is -0.311 e. The van der Waals surface area contributed by atoms with Gasteiger partial charge in [0.2, 0.25) is 0 Å². The number of benzene rings is 2. The van der Waals surface area contributed by atoms with Crippen molar-refractivity contribution in [3.63, 3.8) is 0 Å². The highest BCUT2D eigenvalue weighted by Crippen LogP contribution is 2.26. The zero-order valence-corrected chi connectivity index (χ0v) is 16.6. The fraction of sp³-hybridized carbons (Fsp3) is 0.143. The number of hydrogen-bond donors (Lipinski definition) is 2. The summed E-state index contributed by atoms with van der Waals surface area (Å²) in [5, 5.41) is 9.45. The van der Waals surface area contributed by atoms with E-state index >= 15 is 0 Å². The molecule has 0 spiro atoms. The monoisotopic (exact) mass is 405 g/mol. The van der Waals surface area contributed by atoms with Crippen LogP contribution in [0.2, 0.25) is 0 Å². The molecule has 0 saturated carbocycles. The fourth-order valence-corrected chi connectivity index (χ4v) is 3.99. The Kier molecular flexibility index (Phi) is 5.44. The first kappa shape index (κ1) is 18.9. The Morgan fingerprint density at radius 1 is 0.966 bits per heavy atom. The van der Waals surface area contributed by atoms with Gasteiger partial charge in [-0.3, -0.25) is 14.3 Å². The van der Waals surface area contributed by atoms with Crippen molar-refractivity contribution in [2.24, 2.45) is 0 Å². The van der Waals surface area contributed by atoms with Gasteiger partial charge in [0, 0.05) is 29.6 Å². The van der Waals surface area contributed by atoms with E-state index in [-0.39, 0.29) is 6.42 Å². The van der Waals surface area contributed by atoms with Crippen LogP contribution < -0.4 is 11.2 Å². The summed E-state index contributed by atoms with van der Waals surface area (Å²) >= 11 is 1.59. The van der Waals surface area contributed by atoms with Crippen LogP contribution in [0, 0.1) is 6.92 Å². The predicted molar refractivity (Wildman–Crippen MR) is 113 cm³/mol. The average Bonchev–Trinajstić information content (AvgIpc) is 3.08. The van der Waals surface area contributed by atoms with Crippen LogP contribution in [0.25, 0.3) is 5.69 Å². The van der Waals surface area contributed by atoms with Crippen LogP contribution in [0.4, 0.5) is 0 Å². The van der Waals surface area contributed by atoms with E-state index in [2.05, 4.69) is 45.3 Å². The van der Waals surface area contributed by atoms with Gasteiger partial charge in [0.25, 0.3) is 5.56 Å². The van der Waals surface area contributed by atoms with Gasteiger partial charge in [0.15, 0.2) is 5.16 Å². The first-order chi connectivity index (χ1) is 14.1. The van der Waals surface area contributed by atoms with Crippen molar-refractivity contribution >= 4 is 11.8 Å². The Balaban J connectivity index is 1.68. The Morgan fingerprint density at radius 2 is 1.79 bits per heavy atom. The van der Waals surface area contributed by atoms with Crippen LogP contribution in [0.5, 0.6) is 0 Å². The smallest absolute Gasteiger partial charge is 0.311 e. The highest BCUT2D eigenvalue weighted by atomic mass is 32.2. The number of rotatable bonds is 6. The number of nitrogens with one attached hydrogen (secondary N) is 2. The van der Waals surface area contributed by atoms with Gasteiger partial charge in [-0.1, -0.05) is 59.8 Å². The molecule has 0 bridgehead atoms. The Morgan fingerprint density at radius 3 is 2.55 bits per heavy atom. The number of aromatic amines is 2. The van der Waals surface area contributed by atoms with E-state index in [4.69, 9.17) is 0 Å². The van der Waals surface area contributed by atoms with Gasteiger partial charge in [0.05, 0.1) is 0 Å². The predicted octanol–water partition coefficient (Wildman–Crippen LogP) is 2.84. The van der Waals surface area contributed by atoms with Gasteiger partial charge in [-0.05, 0) is 24.6 Å². The minimum absolute atomic E-state index is 0.284. The Bertz CT molecular complexity index is 1220. The molecule has 146 valence electrons. The SMILES string of the molecule is Cc1cccc(CSc2nnc(Cc3cc(=O)[nH]c(=O)[nH]3)n2-c2ccccc2)c1. The number of para-hydroxylation sites is 1. The number of H-pyrrole nitrogens is 2. The fourth-order valence-electron chi connectivity index (χ4n) is 3.08. The van der Waals surface area contributed by atoms with Crippen LogP contribution in [0.3, 0.4) is 0 Å². The summed E-state index contributed by atoms with van der Waals surface area (Å²) in [5.41, 5.74) is 2.85. The Hall–Kier alpha value is -3.39. The number of hydrogen-bond acceptors (Lipinski definition) is 5. The summed E-state index contributed by atoms with van der Waals surface area (Å²) in [4.78, 5) is 28.0. The van der Waals surface area contributed by atoms with Crippen molar-refractivity contribution in [1.82, 2.24) is 24.7 Å². The molecule has 2 heterocycles. The molecule has 2 N–H and O–H groups in total.